The molecule has 1 aromatic heterocycles. The molecule has 1 heterocycles. The highest BCUT2D eigenvalue weighted by Crippen LogP contribution is 2.31. The quantitative estimate of drug-likeness (QED) is 0.658. The fourth-order valence-electron chi connectivity index (χ4n) is 2.21. The van der Waals surface area contributed by atoms with E-state index in [1.165, 1.54) is 6.20 Å². The lowest BCUT2D eigenvalue weighted by molar-refractivity contribution is 0.410. The predicted molar refractivity (Wildman–Crippen MR) is 99.9 cm³/mol. The number of methoxy groups -OCH3 is 1. The highest BCUT2D eigenvalue weighted by Gasteiger charge is 2.09. The van der Waals surface area contributed by atoms with Gasteiger partial charge in [0.1, 0.15) is 5.75 Å². The second-order valence-corrected chi connectivity index (χ2v) is 5.87. The summed E-state index contributed by atoms with van der Waals surface area (Å²) >= 11 is 12.3. The van der Waals surface area contributed by atoms with Gasteiger partial charge in [0.2, 0.25) is 5.95 Å². The van der Waals surface area contributed by atoms with Gasteiger partial charge in [-0.3, -0.25) is 0 Å². The number of benzene rings is 2. The number of rotatable bonds is 6. The molecule has 0 saturated carbocycles. The molecule has 6 nitrogen and oxygen atoms in total. The Kier molecular flexibility index (Phi) is 5.53. The van der Waals surface area contributed by atoms with Crippen molar-refractivity contribution in [1.82, 2.24) is 15.2 Å². The topological polar surface area (TPSA) is 72.0 Å². The normalized spacial score (nSPS) is 10.4. The molecule has 0 radical (unpaired) electrons. The molecule has 2 N–H and O–H groups in total. The summed E-state index contributed by atoms with van der Waals surface area (Å²) in [6.45, 7) is 0.537. The van der Waals surface area contributed by atoms with Crippen LogP contribution in [0, 0.1) is 0 Å². The van der Waals surface area contributed by atoms with Crippen LogP contribution < -0.4 is 15.4 Å². The number of aromatic nitrogens is 3. The van der Waals surface area contributed by atoms with Crippen molar-refractivity contribution in [3.8, 4) is 5.75 Å². The van der Waals surface area contributed by atoms with Crippen molar-refractivity contribution in [2.45, 2.75) is 6.54 Å². The van der Waals surface area contributed by atoms with Gasteiger partial charge in [-0.15, -0.1) is 5.10 Å². The molecule has 0 amide bonds. The Hall–Kier alpha value is -2.57. The fraction of sp³-hybridized carbons (Fsp3) is 0.118. The fourth-order valence-corrected chi connectivity index (χ4v) is 2.70. The molecule has 2 aromatic carbocycles. The minimum Gasteiger partial charge on any atom is -0.496 e. The summed E-state index contributed by atoms with van der Waals surface area (Å²) in [5, 5.41) is 15.0. The van der Waals surface area contributed by atoms with Crippen LogP contribution in [-0.4, -0.2) is 22.3 Å². The van der Waals surface area contributed by atoms with Crippen LogP contribution in [0.3, 0.4) is 0 Å². The second-order valence-electron chi connectivity index (χ2n) is 5.05. The third-order valence-electron chi connectivity index (χ3n) is 3.41. The van der Waals surface area contributed by atoms with Crippen LogP contribution in [0.4, 0.5) is 17.5 Å². The summed E-state index contributed by atoms with van der Waals surface area (Å²) in [7, 11) is 1.64. The minimum atomic E-state index is 0.292. The first-order valence-corrected chi connectivity index (χ1v) is 8.19. The lowest BCUT2D eigenvalue weighted by Gasteiger charge is -2.11. The maximum atomic E-state index is 6.14. The summed E-state index contributed by atoms with van der Waals surface area (Å²) in [5.74, 6) is 1.66. The van der Waals surface area contributed by atoms with Gasteiger partial charge in [0.15, 0.2) is 5.82 Å². The maximum Gasteiger partial charge on any atom is 0.249 e. The minimum absolute atomic E-state index is 0.292. The largest absolute Gasteiger partial charge is 0.496 e. The Morgan fingerprint density at radius 1 is 1.04 bits per heavy atom. The Balaban J connectivity index is 1.73. The van der Waals surface area contributed by atoms with E-state index in [0.29, 0.717) is 34.0 Å². The van der Waals surface area contributed by atoms with Crippen LogP contribution >= 0.6 is 23.2 Å². The van der Waals surface area contributed by atoms with Gasteiger partial charge in [-0.1, -0.05) is 47.5 Å². The molecule has 0 saturated heterocycles. The first-order valence-electron chi connectivity index (χ1n) is 7.44. The van der Waals surface area contributed by atoms with Crippen LogP contribution in [0.2, 0.25) is 10.0 Å². The summed E-state index contributed by atoms with van der Waals surface area (Å²) < 4.78 is 5.33. The van der Waals surface area contributed by atoms with Gasteiger partial charge in [-0.25, -0.2) is 0 Å². The monoisotopic (exact) mass is 375 g/mol. The van der Waals surface area contributed by atoms with E-state index in [9.17, 15) is 0 Å². The number of hydrogen-bond acceptors (Lipinski definition) is 6. The second kappa shape index (κ2) is 8.00. The zero-order chi connectivity index (χ0) is 17.6. The average Bonchev–Trinajstić information content (AvgIpc) is 2.64. The molecule has 25 heavy (non-hydrogen) atoms. The highest BCUT2D eigenvalue weighted by atomic mass is 35.5. The number of halogens is 2. The van der Waals surface area contributed by atoms with Crippen LogP contribution in [0.15, 0.2) is 48.7 Å². The Morgan fingerprint density at radius 2 is 1.80 bits per heavy atom. The standard InChI is InChI=1S/C17H15Cl2N5O/c1-25-14-8-3-2-5-11(14)9-20-15-10-21-24-17(22-15)23-16-12(18)6-4-7-13(16)19/h2-8,10H,9H2,1H3,(H2,20,22,23,24). The van der Waals surface area contributed by atoms with Crippen LogP contribution in [-0.2, 0) is 6.54 Å². The highest BCUT2D eigenvalue weighted by molar-refractivity contribution is 6.39. The Bertz CT molecular complexity index is 855. The zero-order valence-corrected chi connectivity index (χ0v) is 14.8. The van der Waals surface area contributed by atoms with Crippen molar-refractivity contribution in [2.75, 3.05) is 17.7 Å². The lowest BCUT2D eigenvalue weighted by atomic mass is 10.2. The van der Waals surface area contributed by atoms with Gasteiger partial charge < -0.3 is 15.4 Å². The number of nitrogens with one attached hydrogen (secondary N) is 2. The number of hydrogen-bond donors (Lipinski definition) is 2. The first kappa shape index (κ1) is 17.3. The van der Waals surface area contributed by atoms with Gasteiger partial charge in [-0.2, -0.15) is 10.1 Å². The molecule has 3 aromatic rings. The summed E-state index contributed by atoms with van der Waals surface area (Å²) in [6, 6.07) is 13.0. The Labute approximate surface area is 155 Å². The predicted octanol–water partition coefficient (Wildman–Crippen LogP) is 4.54. The van der Waals surface area contributed by atoms with Crippen LogP contribution in [0.1, 0.15) is 5.56 Å². The molecule has 0 aliphatic rings. The van der Waals surface area contributed by atoms with Crippen molar-refractivity contribution in [2.24, 2.45) is 0 Å². The third kappa shape index (κ3) is 4.29. The van der Waals surface area contributed by atoms with Crippen molar-refractivity contribution in [1.29, 1.82) is 0 Å². The first-order chi connectivity index (χ1) is 12.2. The van der Waals surface area contributed by atoms with E-state index < -0.39 is 0 Å². The lowest BCUT2D eigenvalue weighted by Crippen LogP contribution is -2.06. The van der Waals surface area contributed by atoms with E-state index in [4.69, 9.17) is 27.9 Å². The smallest absolute Gasteiger partial charge is 0.249 e. The average molecular weight is 376 g/mol. The Morgan fingerprint density at radius 3 is 2.56 bits per heavy atom. The van der Waals surface area contributed by atoms with Crippen molar-refractivity contribution < 1.29 is 4.74 Å². The van der Waals surface area contributed by atoms with Crippen molar-refractivity contribution in [3.63, 3.8) is 0 Å². The molecule has 8 heteroatoms. The van der Waals surface area contributed by atoms with Gasteiger partial charge in [-0.05, 0) is 18.2 Å². The van der Waals surface area contributed by atoms with Crippen LogP contribution in [0.25, 0.3) is 0 Å². The van der Waals surface area contributed by atoms with E-state index in [1.54, 1.807) is 25.3 Å². The SMILES string of the molecule is COc1ccccc1CNc1cnnc(Nc2c(Cl)cccc2Cl)n1. The molecule has 0 atom stereocenters. The molecule has 0 aliphatic carbocycles. The summed E-state index contributed by atoms with van der Waals surface area (Å²) in [4.78, 5) is 4.37. The molecule has 3 rings (SSSR count). The number of anilines is 3. The van der Waals surface area contributed by atoms with Gasteiger partial charge >= 0.3 is 0 Å². The van der Waals surface area contributed by atoms with E-state index >= 15 is 0 Å². The maximum absolute atomic E-state index is 6.14. The molecular weight excluding hydrogens is 361 g/mol. The summed E-state index contributed by atoms with van der Waals surface area (Å²) in [5.41, 5.74) is 1.54. The zero-order valence-electron chi connectivity index (χ0n) is 13.3. The van der Waals surface area contributed by atoms with E-state index in [0.717, 1.165) is 11.3 Å². The molecule has 0 aliphatic heterocycles. The number of para-hydroxylation sites is 2. The molecule has 0 spiro atoms. The van der Waals surface area contributed by atoms with Crippen molar-refractivity contribution in [3.05, 3.63) is 64.3 Å². The van der Waals surface area contributed by atoms with E-state index in [-0.39, 0.29) is 0 Å². The molecule has 0 unspecified atom stereocenters. The van der Waals surface area contributed by atoms with E-state index in [2.05, 4.69) is 25.8 Å². The number of nitrogens with zero attached hydrogens (tertiary/aromatic N) is 3. The van der Waals surface area contributed by atoms with Crippen molar-refractivity contribution >= 4 is 40.7 Å². The van der Waals surface area contributed by atoms with Gasteiger partial charge in [0.25, 0.3) is 0 Å². The molecular formula is C17H15Cl2N5O. The molecule has 0 fully saturated rings. The van der Waals surface area contributed by atoms with Crippen LogP contribution in [0.5, 0.6) is 5.75 Å². The third-order valence-corrected chi connectivity index (χ3v) is 4.04. The van der Waals surface area contributed by atoms with Gasteiger partial charge in [0, 0.05) is 12.1 Å². The molecule has 128 valence electrons. The molecule has 0 bridgehead atoms. The number of ether oxygens (including phenoxy) is 1. The van der Waals surface area contributed by atoms with Gasteiger partial charge in [0.05, 0.1) is 29.0 Å². The van der Waals surface area contributed by atoms with E-state index in [1.807, 2.05) is 24.3 Å². The summed E-state index contributed by atoms with van der Waals surface area (Å²) in [6.07, 6.45) is 1.54.